The number of carbonyl (C=O) groups is 1. The van der Waals surface area contributed by atoms with Gasteiger partial charge in [0.05, 0.1) is 6.42 Å². The Morgan fingerprint density at radius 2 is 2.10 bits per heavy atom. The third-order valence-corrected chi connectivity index (χ3v) is 3.31. The van der Waals surface area contributed by atoms with Crippen LogP contribution in [-0.2, 0) is 17.8 Å². The lowest BCUT2D eigenvalue weighted by Gasteiger charge is -2.11. The maximum Gasteiger partial charge on any atom is 0.140 e. The first-order valence-electron chi connectivity index (χ1n) is 6.89. The van der Waals surface area contributed by atoms with E-state index in [2.05, 4.69) is 10.1 Å². The van der Waals surface area contributed by atoms with Crippen molar-refractivity contribution >= 4 is 5.78 Å². The minimum absolute atomic E-state index is 0.0933. The van der Waals surface area contributed by atoms with Crippen molar-refractivity contribution in [2.24, 2.45) is 5.73 Å². The minimum Gasteiger partial charge on any atom is -0.324 e. The van der Waals surface area contributed by atoms with Gasteiger partial charge in [-0.3, -0.25) is 4.79 Å². The summed E-state index contributed by atoms with van der Waals surface area (Å²) in [6, 6.07) is 9.76. The molecule has 0 aliphatic rings. The highest BCUT2D eigenvalue weighted by atomic mass is 16.1. The van der Waals surface area contributed by atoms with Crippen molar-refractivity contribution in [1.82, 2.24) is 14.8 Å². The van der Waals surface area contributed by atoms with Crippen molar-refractivity contribution in [3.63, 3.8) is 0 Å². The van der Waals surface area contributed by atoms with Gasteiger partial charge < -0.3 is 5.73 Å². The largest absolute Gasteiger partial charge is 0.324 e. The maximum atomic E-state index is 12.0. The number of Topliss-reactive ketones (excluding diaryl/α,β-unsaturated/α-hetero) is 1. The van der Waals surface area contributed by atoms with E-state index in [1.165, 1.54) is 6.33 Å². The molecule has 2 aromatic rings. The molecule has 5 nitrogen and oxygen atoms in total. The van der Waals surface area contributed by atoms with Crippen LogP contribution >= 0.6 is 0 Å². The molecule has 5 heteroatoms. The van der Waals surface area contributed by atoms with Crippen molar-refractivity contribution in [2.75, 3.05) is 0 Å². The second kappa shape index (κ2) is 6.96. The van der Waals surface area contributed by atoms with Gasteiger partial charge in [0.25, 0.3) is 0 Å². The quantitative estimate of drug-likeness (QED) is 0.835. The van der Waals surface area contributed by atoms with E-state index in [1.807, 2.05) is 37.3 Å². The van der Waals surface area contributed by atoms with Crippen molar-refractivity contribution in [2.45, 2.75) is 38.8 Å². The predicted molar refractivity (Wildman–Crippen MR) is 77.0 cm³/mol. The maximum absolute atomic E-state index is 12.0. The Hall–Kier alpha value is -2.01. The number of benzene rings is 1. The summed E-state index contributed by atoms with van der Waals surface area (Å²) in [4.78, 5) is 16.1. The molecule has 0 amide bonds. The van der Waals surface area contributed by atoms with Gasteiger partial charge in [-0.1, -0.05) is 30.3 Å². The first kappa shape index (κ1) is 14.4. The molecule has 106 valence electrons. The Bertz CT molecular complexity index is 550. The van der Waals surface area contributed by atoms with Crippen LogP contribution in [0.5, 0.6) is 0 Å². The molecule has 1 aromatic heterocycles. The number of carbonyl (C=O) groups excluding carboxylic acids is 1. The first-order valence-corrected chi connectivity index (χ1v) is 6.89. The monoisotopic (exact) mass is 272 g/mol. The molecule has 1 aromatic carbocycles. The van der Waals surface area contributed by atoms with Crippen molar-refractivity contribution < 1.29 is 4.79 Å². The van der Waals surface area contributed by atoms with Gasteiger partial charge in [0, 0.05) is 19.0 Å². The number of nitrogens with zero attached hydrogens (tertiary/aromatic N) is 3. The summed E-state index contributed by atoms with van der Waals surface area (Å²) in [6.45, 7) is 2.71. The summed E-state index contributed by atoms with van der Waals surface area (Å²) in [6.07, 6.45) is 2.94. The molecule has 2 N–H and O–H groups in total. The van der Waals surface area contributed by atoms with E-state index in [-0.39, 0.29) is 11.8 Å². The van der Waals surface area contributed by atoms with E-state index in [0.717, 1.165) is 17.9 Å². The molecular weight excluding hydrogens is 252 g/mol. The van der Waals surface area contributed by atoms with Crippen LogP contribution in [0.4, 0.5) is 0 Å². The molecule has 0 aliphatic carbocycles. The first-order chi connectivity index (χ1) is 9.70. The van der Waals surface area contributed by atoms with Crippen LogP contribution in [0.3, 0.4) is 0 Å². The summed E-state index contributed by atoms with van der Waals surface area (Å²) in [5, 5.41) is 4.06. The summed E-state index contributed by atoms with van der Waals surface area (Å²) < 4.78 is 1.75. The van der Waals surface area contributed by atoms with Crippen LogP contribution in [-0.4, -0.2) is 20.5 Å². The van der Waals surface area contributed by atoms with Crippen LogP contribution in [0.1, 0.15) is 37.2 Å². The summed E-state index contributed by atoms with van der Waals surface area (Å²) in [5.74, 6) is 0.880. The zero-order valence-electron chi connectivity index (χ0n) is 11.7. The molecule has 2 rings (SSSR count). The van der Waals surface area contributed by atoms with Crippen molar-refractivity contribution in [1.29, 1.82) is 0 Å². The van der Waals surface area contributed by atoms with Crippen molar-refractivity contribution in [3.05, 3.63) is 48.0 Å². The third kappa shape index (κ3) is 3.74. The Labute approximate surface area is 118 Å². The second-order valence-electron chi connectivity index (χ2n) is 4.76. The summed E-state index contributed by atoms with van der Waals surface area (Å²) in [7, 11) is 0. The van der Waals surface area contributed by atoms with Crippen LogP contribution in [0.15, 0.2) is 36.7 Å². The molecule has 1 atom stereocenters. The lowest BCUT2D eigenvalue weighted by molar-refractivity contribution is -0.118. The van der Waals surface area contributed by atoms with E-state index < -0.39 is 0 Å². The van der Waals surface area contributed by atoms with E-state index in [0.29, 0.717) is 19.3 Å². The number of hydrogen-bond acceptors (Lipinski definition) is 4. The Kier molecular flexibility index (Phi) is 5.01. The van der Waals surface area contributed by atoms with E-state index >= 15 is 0 Å². The predicted octanol–water partition coefficient (Wildman–Crippen LogP) is 1.89. The van der Waals surface area contributed by atoms with Gasteiger partial charge in [-0.25, -0.2) is 9.67 Å². The highest BCUT2D eigenvalue weighted by Gasteiger charge is 2.12. The molecule has 0 fully saturated rings. The molecular formula is C15H20N4O. The number of hydrogen-bond donors (Lipinski definition) is 1. The molecule has 0 saturated carbocycles. The average Bonchev–Trinajstić information content (AvgIpc) is 2.92. The van der Waals surface area contributed by atoms with Gasteiger partial charge in [-0.05, 0) is 18.9 Å². The number of rotatable bonds is 7. The van der Waals surface area contributed by atoms with Gasteiger partial charge in [0.2, 0.25) is 0 Å². The molecule has 0 radical (unpaired) electrons. The fraction of sp³-hybridized carbons (Fsp3) is 0.400. The molecule has 0 bridgehead atoms. The van der Waals surface area contributed by atoms with Crippen LogP contribution in [0.2, 0.25) is 0 Å². The lowest BCUT2D eigenvalue weighted by atomic mass is 10.0. The number of nitrogens with two attached hydrogens (primary N) is 1. The SMILES string of the molecule is CCn1ncnc1CC(=O)CCC(N)c1ccccc1. The molecule has 0 saturated heterocycles. The Balaban J connectivity index is 1.84. The van der Waals surface area contributed by atoms with E-state index in [1.54, 1.807) is 4.68 Å². The fourth-order valence-corrected chi connectivity index (χ4v) is 2.14. The highest BCUT2D eigenvalue weighted by molar-refractivity contribution is 5.80. The van der Waals surface area contributed by atoms with Gasteiger partial charge in [-0.2, -0.15) is 5.10 Å². The van der Waals surface area contributed by atoms with Gasteiger partial charge in [-0.15, -0.1) is 0 Å². The van der Waals surface area contributed by atoms with E-state index in [9.17, 15) is 4.79 Å². The van der Waals surface area contributed by atoms with Crippen LogP contribution in [0, 0.1) is 0 Å². The second-order valence-corrected chi connectivity index (χ2v) is 4.76. The number of aromatic nitrogens is 3. The molecule has 1 heterocycles. The third-order valence-electron chi connectivity index (χ3n) is 3.31. The summed E-state index contributed by atoms with van der Waals surface area (Å²) >= 11 is 0. The minimum atomic E-state index is -0.0933. The van der Waals surface area contributed by atoms with Crippen LogP contribution in [0.25, 0.3) is 0 Å². The Morgan fingerprint density at radius 3 is 2.80 bits per heavy atom. The molecule has 1 unspecified atom stereocenters. The summed E-state index contributed by atoms with van der Waals surface area (Å²) in [5.41, 5.74) is 7.15. The van der Waals surface area contributed by atoms with Gasteiger partial charge >= 0.3 is 0 Å². The molecule has 0 spiro atoms. The zero-order chi connectivity index (χ0) is 14.4. The topological polar surface area (TPSA) is 73.8 Å². The molecule has 0 aliphatic heterocycles. The Morgan fingerprint density at radius 1 is 1.35 bits per heavy atom. The fourth-order valence-electron chi connectivity index (χ4n) is 2.14. The normalized spacial score (nSPS) is 12.3. The highest BCUT2D eigenvalue weighted by Crippen LogP contribution is 2.15. The van der Waals surface area contributed by atoms with E-state index in [4.69, 9.17) is 5.73 Å². The zero-order valence-corrected chi connectivity index (χ0v) is 11.7. The van der Waals surface area contributed by atoms with Crippen LogP contribution < -0.4 is 5.73 Å². The number of ketones is 1. The van der Waals surface area contributed by atoms with Gasteiger partial charge in [0.1, 0.15) is 17.9 Å². The van der Waals surface area contributed by atoms with Gasteiger partial charge in [0.15, 0.2) is 0 Å². The average molecular weight is 272 g/mol. The smallest absolute Gasteiger partial charge is 0.140 e. The number of aryl methyl sites for hydroxylation is 1. The standard InChI is InChI=1S/C15H20N4O/c1-2-19-15(17-11-18-19)10-13(20)8-9-14(16)12-6-4-3-5-7-12/h3-7,11,14H,2,8-10,16H2,1H3. The lowest BCUT2D eigenvalue weighted by Crippen LogP contribution is -2.15. The van der Waals surface area contributed by atoms with Crippen molar-refractivity contribution in [3.8, 4) is 0 Å². The molecule has 20 heavy (non-hydrogen) atoms.